The molecular weight excluding hydrogens is 691 g/mol. The molecule has 8 heteroatoms. The van der Waals surface area contributed by atoms with E-state index in [1.54, 1.807) is 21.1 Å². The summed E-state index contributed by atoms with van der Waals surface area (Å²) in [4.78, 5) is 36.8. The Labute approximate surface area is 336 Å². The number of esters is 2. The average Bonchev–Trinajstić information content (AvgIpc) is 3.14. The molecule has 0 aromatic heterocycles. The van der Waals surface area contributed by atoms with Gasteiger partial charge in [-0.25, -0.2) is 0 Å². The van der Waals surface area contributed by atoms with Gasteiger partial charge in [0.25, 0.3) is 0 Å². The second-order valence-electron chi connectivity index (χ2n) is 15.4. The van der Waals surface area contributed by atoms with Crippen LogP contribution in [0.15, 0.2) is 72.9 Å². The number of ether oxygens (including phenoxy) is 3. The van der Waals surface area contributed by atoms with E-state index in [1.165, 1.54) is 70.6 Å². The highest BCUT2D eigenvalue weighted by Gasteiger charge is 2.25. The highest BCUT2D eigenvalue weighted by Crippen LogP contribution is 2.14. The van der Waals surface area contributed by atoms with E-state index in [9.17, 15) is 19.5 Å². The molecule has 0 fully saturated rings. The fourth-order valence-electron chi connectivity index (χ4n) is 5.92. The summed E-state index contributed by atoms with van der Waals surface area (Å²) in [6, 6.07) is -0.734. The van der Waals surface area contributed by atoms with Crippen molar-refractivity contribution in [1.82, 2.24) is 0 Å². The summed E-state index contributed by atoms with van der Waals surface area (Å²) >= 11 is 0. The minimum absolute atomic E-state index is 0.0240. The maximum Gasteiger partial charge on any atom is 0.306 e. The monoisotopic (exact) mass is 770 g/mol. The Hall–Kier alpha value is -3.23. The summed E-state index contributed by atoms with van der Waals surface area (Å²) in [5.41, 5.74) is 0. The molecule has 0 bridgehead atoms. The predicted molar refractivity (Wildman–Crippen MR) is 226 cm³/mol. The van der Waals surface area contributed by atoms with Crippen LogP contribution < -0.4 is 5.11 Å². The van der Waals surface area contributed by atoms with Crippen molar-refractivity contribution >= 4 is 17.9 Å². The third-order valence-corrected chi connectivity index (χ3v) is 9.27. The zero-order valence-electron chi connectivity index (χ0n) is 35.6. The molecule has 0 aliphatic rings. The molecule has 0 spiro atoms. The Morgan fingerprint density at radius 2 is 1.02 bits per heavy atom. The molecule has 0 radical (unpaired) electrons. The number of likely N-dealkylation sites (N-methyl/N-ethyl adjacent to an activating group) is 1. The molecule has 2 unspecified atom stereocenters. The molecule has 0 aliphatic heterocycles. The Balaban J connectivity index is 4.46. The van der Waals surface area contributed by atoms with E-state index in [0.717, 1.165) is 51.4 Å². The first kappa shape index (κ1) is 51.8. The average molecular weight is 770 g/mol. The standard InChI is InChI=1S/C47H79NO7/c1-6-8-10-12-14-16-18-20-22-23-24-26-27-29-31-33-35-37-45(49)54-42-43(41-53-40-39-44(47(51)52)48(3,4)5)55-46(50)38-36-34-32-30-28-25-21-19-17-15-13-11-9-7-2/h8,10,12,14,16,18,20,22-24,26-27,43-44H,6-7,9,11,13,15,17,19,21,25,28-42H2,1-5H3/b10-8+,14-12+,18-16+,22-20+,24-23+,27-26+. The lowest BCUT2D eigenvalue weighted by Crippen LogP contribution is -2.55. The number of carbonyl (C=O) groups is 3. The third-order valence-electron chi connectivity index (χ3n) is 9.27. The van der Waals surface area contributed by atoms with Crippen LogP contribution >= 0.6 is 0 Å². The van der Waals surface area contributed by atoms with Crippen molar-refractivity contribution in [3.63, 3.8) is 0 Å². The van der Waals surface area contributed by atoms with Crippen molar-refractivity contribution in [2.45, 2.75) is 167 Å². The second kappa shape index (κ2) is 37.7. The van der Waals surface area contributed by atoms with Crippen LogP contribution in [0, 0.1) is 0 Å². The van der Waals surface area contributed by atoms with Crippen LogP contribution in [0.5, 0.6) is 0 Å². The van der Waals surface area contributed by atoms with E-state index >= 15 is 0 Å². The third kappa shape index (κ3) is 36.2. The number of quaternary nitrogens is 1. The summed E-state index contributed by atoms with van der Waals surface area (Å²) in [6.07, 6.45) is 46.3. The summed E-state index contributed by atoms with van der Waals surface area (Å²) in [6.45, 7) is 4.46. The van der Waals surface area contributed by atoms with Gasteiger partial charge in [0.2, 0.25) is 0 Å². The normalized spacial score (nSPS) is 13.7. The van der Waals surface area contributed by atoms with Gasteiger partial charge >= 0.3 is 11.9 Å². The predicted octanol–water partition coefficient (Wildman–Crippen LogP) is 10.2. The van der Waals surface area contributed by atoms with Gasteiger partial charge in [-0.15, -0.1) is 0 Å². The zero-order valence-corrected chi connectivity index (χ0v) is 35.6. The molecule has 0 saturated heterocycles. The van der Waals surface area contributed by atoms with Crippen molar-refractivity contribution < 1.29 is 38.2 Å². The molecule has 8 nitrogen and oxygen atoms in total. The maximum absolute atomic E-state index is 12.7. The van der Waals surface area contributed by atoms with Crippen LogP contribution in [0.2, 0.25) is 0 Å². The number of carbonyl (C=O) groups excluding carboxylic acids is 3. The number of carboxylic acids is 1. The van der Waals surface area contributed by atoms with Crippen molar-refractivity contribution in [1.29, 1.82) is 0 Å². The molecule has 0 N–H and O–H groups in total. The zero-order chi connectivity index (χ0) is 40.7. The lowest BCUT2D eigenvalue weighted by molar-refractivity contribution is -0.889. The van der Waals surface area contributed by atoms with Gasteiger partial charge in [-0.2, -0.15) is 0 Å². The minimum atomic E-state index is -1.13. The van der Waals surface area contributed by atoms with E-state index in [0.29, 0.717) is 12.8 Å². The molecule has 0 aliphatic carbocycles. The summed E-state index contributed by atoms with van der Waals surface area (Å²) < 4.78 is 17.1. The van der Waals surface area contributed by atoms with Crippen LogP contribution in [0.3, 0.4) is 0 Å². The Morgan fingerprint density at radius 3 is 1.51 bits per heavy atom. The van der Waals surface area contributed by atoms with Gasteiger partial charge in [0.15, 0.2) is 6.10 Å². The Kier molecular flexibility index (Phi) is 35.5. The first-order valence-corrected chi connectivity index (χ1v) is 21.5. The molecule has 2 atom stereocenters. The molecule has 0 aromatic carbocycles. The molecule has 0 aromatic rings. The summed E-state index contributed by atoms with van der Waals surface area (Å²) in [5, 5.41) is 11.6. The van der Waals surface area contributed by atoms with Crippen LogP contribution in [0.1, 0.15) is 155 Å². The molecule has 0 amide bonds. The van der Waals surface area contributed by atoms with E-state index in [4.69, 9.17) is 14.2 Å². The molecule has 0 saturated carbocycles. The van der Waals surface area contributed by atoms with Crippen LogP contribution in [-0.4, -0.2) is 75.5 Å². The molecule has 0 rings (SSSR count). The Bertz CT molecular complexity index is 1130. The second-order valence-corrected chi connectivity index (χ2v) is 15.4. The van der Waals surface area contributed by atoms with E-state index in [2.05, 4.69) is 26.0 Å². The Morgan fingerprint density at radius 1 is 0.564 bits per heavy atom. The van der Waals surface area contributed by atoms with Crippen LogP contribution in [0.4, 0.5) is 0 Å². The van der Waals surface area contributed by atoms with Gasteiger partial charge in [-0.1, -0.05) is 177 Å². The molecular formula is C47H79NO7. The summed E-state index contributed by atoms with van der Waals surface area (Å²) in [5.74, 6) is -1.80. The van der Waals surface area contributed by atoms with E-state index in [1.807, 2.05) is 60.8 Å². The van der Waals surface area contributed by atoms with Crippen molar-refractivity contribution in [3.8, 4) is 0 Å². The van der Waals surface area contributed by atoms with Gasteiger partial charge in [-0.3, -0.25) is 9.59 Å². The van der Waals surface area contributed by atoms with Gasteiger partial charge in [-0.05, 0) is 32.1 Å². The van der Waals surface area contributed by atoms with Crippen molar-refractivity contribution in [2.75, 3.05) is 41.0 Å². The smallest absolute Gasteiger partial charge is 0.306 e. The van der Waals surface area contributed by atoms with Gasteiger partial charge in [0.1, 0.15) is 12.6 Å². The highest BCUT2D eigenvalue weighted by atomic mass is 16.6. The number of hydrogen-bond donors (Lipinski definition) is 0. The van der Waals surface area contributed by atoms with Crippen molar-refractivity contribution in [3.05, 3.63) is 72.9 Å². The molecule has 0 heterocycles. The summed E-state index contributed by atoms with van der Waals surface area (Å²) in [7, 11) is 5.38. The number of carboxylic acid groups (broad SMARTS) is 1. The van der Waals surface area contributed by atoms with Gasteiger partial charge in [0, 0.05) is 19.3 Å². The first-order chi connectivity index (χ1) is 26.6. The number of allylic oxidation sites excluding steroid dienone is 12. The van der Waals surface area contributed by atoms with E-state index < -0.39 is 18.1 Å². The number of nitrogens with zero attached hydrogens (tertiary/aromatic N) is 1. The number of hydrogen-bond acceptors (Lipinski definition) is 7. The van der Waals surface area contributed by atoms with E-state index in [-0.39, 0.29) is 42.7 Å². The fraction of sp³-hybridized carbons (Fsp3) is 0.681. The highest BCUT2D eigenvalue weighted by molar-refractivity contribution is 5.70. The first-order valence-electron chi connectivity index (χ1n) is 21.5. The molecule has 55 heavy (non-hydrogen) atoms. The number of rotatable bonds is 37. The number of aliphatic carboxylic acids is 1. The van der Waals surface area contributed by atoms with Gasteiger partial charge < -0.3 is 28.6 Å². The lowest BCUT2D eigenvalue weighted by atomic mass is 10.0. The quantitative estimate of drug-likeness (QED) is 0.0268. The number of unbranched alkanes of at least 4 members (excludes halogenated alkanes) is 16. The molecule has 314 valence electrons. The topological polar surface area (TPSA) is 102 Å². The fourth-order valence-corrected chi connectivity index (χ4v) is 5.92. The SMILES string of the molecule is CC/C=C/C=C/C=C/C=C/C=C/C=C/CCCCCC(=O)OCC(COCCC(C(=O)[O-])[N+](C)(C)C)OC(=O)CCCCCCCCCCCCCCCC. The van der Waals surface area contributed by atoms with Crippen molar-refractivity contribution in [2.24, 2.45) is 0 Å². The van der Waals surface area contributed by atoms with Crippen LogP contribution in [-0.2, 0) is 28.6 Å². The minimum Gasteiger partial charge on any atom is -0.544 e. The lowest BCUT2D eigenvalue weighted by Gasteiger charge is -2.34. The van der Waals surface area contributed by atoms with Crippen LogP contribution in [0.25, 0.3) is 0 Å². The maximum atomic E-state index is 12.7. The van der Waals surface area contributed by atoms with Gasteiger partial charge in [0.05, 0.1) is 40.3 Å². The largest absolute Gasteiger partial charge is 0.544 e.